The van der Waals surface area contributed by atoms with Crippen molar-refractivity contribution in [2.45, 2.75) is 31.6 Å². The average molecular weight is 405 g/mol. The van der Waals surface area contributed by atoms with E-state index in [1.54, 1.807) is 11.0 Å². The third-order valence-corrected chi connectivity index (χ3v) is 6.07. The molecule has 4 rings (SSSR count). The number of fused-ring (bicyclic) bond motifs is 1. The van der Waals surface area contributed by atoms with Gasteiger partial charge in [-0.05, 0) is 57.0 Å². The minimum atomic E-state index is -0.307. The topological polar surface area (TPSA) is 92.7 Å². The van der Waals surface area contributed by atoms with Gasteiger partial charge in [0.2, 0.25) is 11.8 Å². The molecule has 2 N–H and O–H groups in total. The van der Waals surface area contributed by atoms with Crippen LogP contribution in [-0.4, -0.2) is 59.3 Å². The SMILES string of the molecule is NC(=O)C1CCCN(C(=O)CN2CCC(c3nc4cc(Cl)ccc4o3)CC2)C1. The third-order valence-electron chi connectivity index (χ3n) is 5.84. The molecule has 2 fully saturated rings. The van der Waals surface area contributed by atoms with E-state index in [1.165, 1.54) is 0 Å². The first-order valence-electron chi connectivity index (χ1n) is 9.85. The van der Waals surface area contributed by atoms with Gasteiger partial charge in [0.1, 0.15) is 5.52 Å². The number of rotatable bonds is 4. The zero-order valence-corrected chi connectivity index (χ0v) is 16.5. The number of amides is 2. The van der Waals surface area contributed by atoms with Crippen molar-refractivity contribution in [1.29, 1.82) is 0 Å². The van der Waals surface area contributed by atoms with E-state index in [2.05, 4.69) is 9.88 Å². The van der Waals surface area contributed by atoms with E-state index in [0.717, 1.165) is 55.8 Å². The van der Waals surface area contributed by atoms with Crippen LogP contribution in [0.2, 0.25) is 5.02 Å². The Hall–Kier alpha value is -2.12. The molecule has 2 saturated heterocycles. The number of halogens is 1. The predicted octanol–water partition coefficient (Wildman–Crippen LogP) is 2.38. The highest BCUT2D eigenvalue weighted by molar-refractivity contribution is 6.31. The first-order valence-corrected chi connectivity index (χ1v) is 10.2. The summed E-state index contributed by atoms with van der Waals surface area (Å²) in [6.07, 6.45) is 3.42. The van der Waals surface area contributed by atoms with Crippen LogP contribution in [0.15, 0.2) is 22.6 Å². The Bertz CT molecular complexity index is 875. The molecule has 2 aromatic rings. The van der Waals surface area contributed by atoms with E-state index in [4.69, 9.17) is 21.8 Å². The highest BCUT2D eigenvalue weighted by atomic mass is 35.5. The molecule has 1 atom stereocenters. The van der Waals surface area contributed by atoms with Crippen molar-refractivity contribution < 1.29 is 14.0 Å². The third kappa shape index (κ3) is 4.15. The maximum absolute atomic E-state index is 12.6. The summed E-state index contributed by atoms with van der Waals surface area (Å²) in [5, 5.41) is 0.650. The van der Waals surface area contributed by atoms with Gasteiger partial charge in [-0.15, -0.1) is 0 Å². The molecule has 150 valence electrons. The van der Waals surface area contributed by atoms with Gasteiger partial charge >= 0.3 is 0 Å². The second-order valence-electron chi connectivity index (χ2n) is 7.80. The van der Waals surface area contributed by atoms with Gasteiger partial charge in [-0.2, -0.15) is 0 Å². The summed E-state index contributed by atoms with van der Waals surface area (Å²) < 4.78 is 5.90. The Morgan fingerprint density at radius 3 is 2.75 bits per heavy atom. The fraction of sp³-hybridized carbons (Fsp3) is 0.550. The molecule has 1 unspecified atom stereocenters. The van der Waals surface area contributed by atoms with Crippen LogP contribution in [0.25, 0.3) is 11.1 Å². The fourth-order valence-corrected chi connectivity index (χ4v) is 4.32. The van der Waals surface area contributed by atoms with Crippen LogP contribution in [0.1, 0.15) is 37.5 Å². The molecule has 2 aliphatic heterocycles. The van der Waals surface area contributed by atoms with Crippen molar-refractivity contribution in [2.75, 3.05) is 32.7 Å². The second kappa shape index (κ2) is 8.09. The number of carbonyl (C=O) groups is 2. The number of nitrogens with two attached hydrogens (primary N) is 1. The molecule has 0 bridgehead atoms. The van der Waals surface area contributed by atoms with E-state index in [-0.39, 0.29) is 23.7 Å². The van der Waals surface area contributed by atoms with Gasteiger partial charge in [0.05, 0.1) is 12.5 Å². The molecular formula is C20H25ClN4O3. The Morgan fingerprint density at radius 2 is 2.00 bits per heavy atom. The summed E-state index contributed by atoms with van der Waals surface area (Å²) in [5.41, 5.74) is 6.95. The predicted molar refractivity (Wildman–Crippen MR) is 106 cm³/mol. The first-order chi connectivity index (χ1) is 13.5. The number of hydrogen-bond donors (Lipinski definition) is 1. The van der Waals surface area contributed by atoms with Crippen LogP contribution in [0.4, 0.5) is 0 Å². The molecule has 8 heteroatoms. The lowest BCUT2D eigenvalue weighted by atomic mass is 9.96. The Kier molecular flexibility index (Phi) is 5.55. The lowest BCUT2D eigenvalue weighted by molar-refractivity contribution is -0.136. The molecule has 0 saturated carbocycles. The van der Waals surface area contributed by atoms with Gasteiger partial charge < -0.3 is 15.1 Å². The number of oxazole rings is 1. The summed E-state index contributed by atoms with van der Waals surface area (Å²) in [5.74, 6) is 0.574. The minimum Gasteiger partial charge on any atom is -0.440 e. The maximum atomic E-state index is 12.6. The van der Waals surface area contributed by atoms with Gasteiger partial charge in [0.25, 0.3) is 0 Å². The quantitative estimate of drug-likeness (QED) is 0.844. The molecule has 0 radical (unpaired) electrons. The Morgan fingerprint density at radius 1 is 1.21 bits per heavy atom. The lowest BCUT2D eigenvalue weighted by Gasteiger charge is -2.35. The van der Waals surface area contributed by atoms with Crippen molar-refractivity contribution in [3.05, 3.63) is 29.1 Å². The van der Waals surface area contributed by atoms with Crippen molar-refractivity contribution >= 4 is 34.5 Å². The summed E-state index contributed by atoms with van der Waals surface area (Å²) in [6, 6.07) is 5.46. The summed E-state index contributed by atoms with van der Waals surface area (Å²) in [6.45, 7) is 3.20. The number of hydrogen-bond acceptors (Lipinski definition) is 5. The largest absolute Gasteiger partial charge is 0.440 e. The van der Waals surface area contributed by atoms with E-state index in [1.807, 2.05) is 12.1 Å². The summed E-state index contributed by atoms with van der Waals surface area (Å²) in [4.78, 5) is 32.6. The van der Waals surface area contributed by atoms with Gasteiger partial charge in [0.15, 0.2) is 11.5 Å². The standard InChI is InChI=1S/C20H25ClN4O3/c21-15-3-4-17-16(10-15)23-20(28-17)13-5-8-24(9-6-13)12-18(26)25-7-1-2-14(11-25)19(22)27/h3-4,10,13-14H,1-2,5-9,11-12H2,(H2,22,27). The number of carbonyl (C=O) groups excluding carboxylic acids is 2. The van der Waals surface area contributed by atoms with E-state index >= 15 is 0 Å². The number of piperidine rings is 2. The molecule has 3 heterocycles. The van der Waals surface area contributed by atoms with Gasteiger partial charge in [-0.3, -0.25) is 14.5 Å². The molecular weight excluding hydrogens is 380 g/mol. The summed E-state index contributed by atoms with van der Waals surface area (Å²) in [7, 11) is 0. The smallest absolute Gasteiger partial charge is 0.236 e. The summed E-state index contributed by atoms with van der Waals surface area (Å²) >= 11 is 6.02. The van der Waals surface area contributed by atoms with Gasteiger partial charge in [0, 0.05) is 24.0 Å². The highest BCUT2D eigenvalue weighted by Crippen LogP contribution is 2.30. The molecule has 28 heavy (non-hydrogen) atoms. The van der Waals surface area contributed by atoms with Crippen LogP contribution >= 0.6 is 11.6 Å². The van der Waals surface area contributed by atoms with Crippen molar-refractivity contribution in [3.8, 4) is 0 Å². The molecule has 0 aliphatic carbocycles. The van der Waals surface area contributed by atoms with Crippen molar-refractivity contribution in [2.24, 2.45) is 11.7 Å². The number of aromatic nitrogens is 1. The molecule has 1 aromatic carbocycles. The van der Waals surface area contributed by atoms with Crippen LogP contribution in [0, 0.1) is 5.92 Å². The van der Waals surface area contributed by atoms with E-state index in [0.29, 0.717) is 24.7 Å². The van der Waals surface area contributed by atoms with Crippen LogP contribution in [0.5, 0.6) is 0 Å². The van der Waals surface area contributed by atoms with Crippen molar-refractivity contribution in [1.82, 2.24) is 14.8 Å². The van der Waals surface area contributed by atoms with Crippen LogP contribution < -0.4 is 5.73 Å². The van der Waals surface area contributed by atoms with E-state index < -0.39 is 0 Å². The number of nitrogens with zero attached hydrogens (tertiary/aromatic N) is 3. The minimum absolute atomic E-state index is 0.0842. The normalized spacial score (nSPS) is 21.9. The zero-order chi connectivity index (χ0) is 19.7. The maximum Gasteiger partial charge on any atom is 0.236 e. The van der Waals surface area contributed by atoms with E-state index in [9.17, 15) is 9.59 Å². The zero-order valence-electron chi connectivity index (χ0n) is 15.8. The Labute approximate surface area is 168 Å². The van der Waals surface area contributed by atoms with Crippen LogP contribution in [0.3, 0.4) is 0 Å². The van der Waals surface area contributed by atoms with Crippen LogP contribution in [-0.2, 0) is 9.59 Å². The highest BCUT2D eigenvalue weighted by Gasteiger charge is 2.30. The molecule has 7 nitrogen and oxygen atoms in total. The molecule has 0 spiro atoms. The fourth-order valence-electron chi connectivity index (χ4n) is 4.16. The molecule has 2 aliphatic rings. The Balaban J connectivity index is 1.31. The number of likely N-dealkylation sites (tertiary alicyclic amines) is 2. The molecule has 2 amide bonds. The monoisotopic (exact) mass is 404 g/mol. The van der Waals surface area contributed by atoms with Crippen molar-refractivity contribution in [3.63, 3.8) is 0 Å². The van der Waals surface area contributed by atoms with Gasteiger partial charge in [-0.1, -0.05) is 11.6 Å². The number of benzene rings is 1. The number of primary amides is 1. The average Bonchev–Trinajstić information content (AvgIpc) is 3.11. The molecule has 1 aromatic heterocycles. The second-order valence-corrected chi connectivity index (χ2v) is 8.23. The first kappa shape index (κ1) is 19.2. The van der Waals surface area contributed by atoms with Gasteiger partial charge in [-0.25, -0.2) is 4.98 Å². The lowest BCUT2D eigenvalue weighted by Crippen LogP contribution is -2.48.